The standard InChI is InChI=1S/C46H72N6O7/c1-12-30(6)42(51(10)45(56)40(28(2)3)49-44(55)41(29(4)5)50(9)27-34-20-16-21-35(47)24-34)38(59-11)26-39(53)52-23-17-22-37(52)31(7)32(8)43(54)48-36(46(57)58)25-33-18-14-13-15-19-33/h13-16,18-21,24,28-32,36-38,40-42H,12,17,22-23,25-27,47H2,1-11H3,(H,48,54)(H,49,55)(H,57,58)/t30-,31+,32+,36-,37-,38+,40-,41-,42-/m0/s1. The summed E-state index contributed by atoms with van der Waals surface area (Å²) < 4.78 is 6.06. The number of nitrogens with one attached hydrogen (secondary N) is 2. The summed E-state index contributed by atoms with van der Waals surface area (Å²) in [5.74, 6) is -3.23. The van der Waals surface area contributed by atoms with Crippen LogP contribution in [0, 0.1) is 29.6 Å². The zero-order chi connectivity index (χ0) is 44.1. The van der Waals surface area contributed by atoms with Crippen molar-refractivity contribution in [2.75, 3.05) is 33.5 Å². The first-order valence-electron chi connectivity index (χ1n) is 21.3. The minimum absolute atomic E-state index is 0.0218. The molecule has 3 rings (SSSR count). The molecular formula is C46H72N6O7. The number of ether oxygens (including phenoxy) is 1. The monoisotopic (exact) mass is 821 g/mol. The molecule has 0 saturated carbocycles. The molecule has 0 aromatic heterocycles. The number of hydrogen-bond acceptors (Lipinski definition) is 8. The van der Waals surface area contributed by atoms with E-state index in [0.717, 1.165) is 24.0 Å². The van der Waals surface area contributed by atoms with E-state index in [2.05, 4.69) is 10.6 Å². The highest BCUT2D eigenvalue weighted by Crippen LogP contribution is 2.31. The van der Waals surface area contributed by atoms with Gasteiger partial charge in [-0.3, -0.25) is 24.1 Å². The van der Waals surface area contributed by atoms with Gasteiger partial charge in [0.2, 0.25) is 23.6 Å². The lowest BCUT2D eigenvalue weighted by Crippen LogP contribution is -2.60. The van der Waals surface area contributed by atoms with Crippen molar-refractivity contribution < 1.29 is 33.8 Å². The highest BCUT2D eigenvalue weighted by atomic mass is 16.5. The highest BCUT2D eigenvalue weighted by molar-refractivity contribution is 5.90. The maximum Gasteiger partial charge on any atom is 0.326 e. The number of likely N-dealkylation sites (tertiary alicyclic amines) is 1. The van der Waals surface area contributed by atoms with E-state index in [0.29, 0.717) is 25.2 Å². The number of anilines is 1. The number of aliphatic carboxylic acids is 1. The number of amides is 4. The van der Waals surface area contributed by atoms with Crippen molar-refractivity contribution in [3.8, 4) is 0 Å². The van der Waals surface area contributed by atoms with Gasteiger partial charge in [-0.2, -0.15) is 0 Å². The molecule has 0 unspecified atom stereocenters. The van der Waals surface area contributed by atoms with Crippen LogP contribution in [0.1, 0.15) is 92.2 Å². The summed E-state index contributed by atoms with van der Waals surface area (Å²) in [6, 6.07) is 13.6. The molecule has 59 heavy (non-hydrogen) atoms. The maximum absolute atomic E-state index is 14.5. The van der Waals surface area contributed by atoms with Crippen LogP contribution in [0.2, 0.25) is 0 Å². The zero-order valence-corrected chi connectivity index (χ0v) is 37.3. The third-order valence-corrected chi connectivity index (χ3v) is 12.4. The van der Waals surface area contributed by atoms with Crippen LogP contribution in [-0.2, 0) is 41.7 Å². The van der Waals surface area contributed by atoms with Crippen LogP contribution < -0.4 is 16.4 Å². The normalized spacial score (nSPS) is 18.4. The fourth-order valence-electron chi connectivity index (χ4n) is 8.65. The van der Waals surface area contributed by atoms with Gasteiger partial charge in [-0.1, -0.05) is 104 Å². The quantitative estimate of drug-likeness (QED) is 0.116. The van der Waals surface area contributed by atoms with E-state index in [1.165, 1.54) is 0 Å². The van der Waals surface area contributed by atoms with Crippen molar-refractivity contribution in [1.29, 1.82) is 0 Å². The Labute approximate surface area is 352 Å². The number of nitrogens with zero attached hydrogens (tertiary/aromatic N) is 3. The number of rotatable bonds is 22. The van der Waals surface area contributed by atoms with Crippen molar-refractivity contribution in [2.24, 2.45) is 29.6 Å². The molecule has 1 heterocycles. The fourth-order valence-corrected chi connectivity index (χ4v) is 8.65. The van der Waals surface area contributed by atoms with Crippen molar-refractivity contribution in [3.63, 3.8) is 0 Å². The molecule has 0 radical (unpaired) electrons. The summed E-state index contributed by atoms with van der Waals surface area (Å²) in [5, 5.41) is 15.7. The Morgan fingerprint density at radius 1 is 0.898 bits per heavy atom. The lowest BCUT2D eigenvalue weighted by Gasteiger charge is -2.41. The second-order valence-corrected chi connectivity index (χ2v) is 17.4. The first kappa shape index (κ1) is 48.9. The predicted molar refractivity (Wildman–Crippen MR) is 232 cm³/mol. The van der Waals surface area contributed by atoms with E-state index < -0.39 is 42.2 Å². The first-order chi connectivity index (χ1) is 27.8. The Hall–Kier alpha value is -4.49. The molecule has 0 spiro atoms. The van der Waals surface area contributed by atoms with Crippen molar-refractivity contribution >= 4 is 35.3 Å². The third-order valence-electron chi connectivity index (χ3n) is 12.4. The van der Waals surface area contributed by atoms with Gasteiger partial charge in [-0.25, -0.2) is 4.79 Å². The van der Waals surface area contributed by atoms with E-state index in [1.54, 1.807) is 26.0 Å². The van der Waals surface area contributed by atoms with Crippen molar-refractivity contribution in [2.45, 2.75) is 130 Å². The summed E-state index contributed by atoms with van der Waals surface area (Å²) in [5.41, 5.74) is 8.46. The number of carbonyl (C=O) groups excluding carboxylic acids is 4. The molecule has 4 amide bonds. The molecule has 1 aliphatic rings. The van der Waals surface area contributed by atoms with Crippen LogP contribution in [0.3, 0.4) is 0 Å². The molecule has 2 aromatic carbocycles. The molecule has 5 N–H and O–H groups in total. The van der Waals surface area contributed by atoms with Crippen LogP contribution in [0.4, 0.5) is 5.69 Å². The number of carboxylic acid groups (broad SMARTS) is 1. The number of nitrogens with two attached hydrogens (primary N) is 1. The Bertz CT molecular complexity index is 1690. The number of carbonyl (C=O) groups is 5. The fraction of sp³-hybridized carbons (Fsp3) is 0.630. The second-order valence-electron chi connectivity index (χ2n) is 17.4. The van der Waals surface area contributed by atoms with Gasteiger partial charge in [0.25, 0.3) is 0 Å². The van der Waals surface area contributed by atoms with Gasteiger partial charge in [-0.05, 0) is 66.8 Å². The van der Waals surface area contributed by atoms with Crippen LogP contribution in [0.5, 0.6) is 0 Å². The van der Waals surface area contributed by atoms with E-state index >= 15 is 0 Å². The minimum atomic E-state index is -1.11. The van der Waals surface area contributed by atoms with Gasteiger partial charge in [0.1, 0.15) is 12.1 Å². The number of hydrogen-bond donors (Lipinski definition) is 4. The molecule has 9 atom stereocenters. The summed E-state index contributed by atoms with van der Waals surface area (Å²) in [6.45, 7) is 16.6. The highest BCUT2D eigenvalue weighted by Gasteiger charge is 2.42. The second kappa shape index (κ2) is 22.8. The van der Waals surface area contributed by atoms with E-state index in [-0.39, 0.29) is 66.2 Å². The Balaban J connectivity index is 1.76. The third kappa shape index (κ3) is 13.3. The van der Waals surface area contributed by atoms with Gasteiger partial charge in [0.05, 0.1) is 24.6 Å². The summed E-state index contributed by atoms with van der Waals surface area (Å²) >= 11 is 0. The molecule has 1 fully saturated rings. The Kier molecular flexibility index (Phi) is 18.9. The van der Waals surface area contributed by atoms with Gasteiger partial charge >= 0.3 is 5.97 Å². The Morgan fingerprint density at radius 2 is 1.54 bits per heavy atom. The SMILES string of the molecule is CC[C@H](C)[C@@H]([C@@H](CC(=O)N1CCC[C@H]1[C@H](C)[C@@H](C)C(=O)N[C@@H](Cc1ccccc1)C(=O)O)OC)N(C)C(=O)[C@@H](NC(=O)[C@H](C(C)C)N(C)Cc1cccc(N)c1)C(C)C. The molecule has 1 saturated heterocycles. The zero-order valence-electron chi connectivity index (χ0n) is 37.3. The van der Waals surface area contributed by atoms with Crippen LogP contribution in [0.25, 0.3) is 0 Å². The summed E-state index contributed by atoms with van der Waals surface area (Å²) in [6.07, 6.45) is 1.74. The summed E-state index contributed by atoms with van der Waals surface area (Å²) in [7, 11) is 5.18. The number of carboxylic acids is 1. The van der Waals surface area contributed by atoms with Gasteiger partial charge in [-0.15, -0.1) is 0 Å². The molecular weight excluding hydrogens is 749 g/mol. The minimum Gasteiger partial charge on any atom is -0.480 e. The number of likely N-dealkylation sites (N-methyl/N-ethyl adjacent to an activating group) is 2. The topological polar surface area (TPSA) is 175 Å². The molecule has 328 valence electrons. The largest absolute Gasteiger partial charge is 0.480 e. The molecule has 0 bridgehead atoms. The molecule has 1 aliphatic heterocycles. The van der Waals surface area contributed by atoms with Gasteiger partial charge in [0.15, 0.2) is 0 Å². The number of nitrogen functional groups attached to an aromatic ring is 1. The van der Waals surface area contributed by atoms with Crippen LogP contribution >= 0.6 is 0 Å². The first-order valence-corrected chi connectivity index (χ1v) is 21.3. The smallest absolute Gasteiger partial charge is 0.326 e. The molecule has 2 aromatic rings. The number of benzene rings is 2. The van der Waals surface area contributed by atoms with E-state index in [9.17, 15) is 29.1 Å². The lowest BCUT2D eigenvalue weighted by atomic mass is 9.86. The lowest BCUT2D eigenvalue weighted by molar-refractivity contribution is -0.147. The average molecular weight is 821 g/mol. The van der Waals surface area contributed by atoms with Crippen molar-refractivity contribution in [1.82, 2.24) is 25.3 Å². The maximum atomic E-state index is 14.5. The van der Waals surface area contributed by atoms with Crippen LogP contribution in [-0.4, -0.2) is 113 Å². The van der Waals surface area contributed by atoms with E-state index in [4.69, 9.17) is 10.5 Å². The van der Waals surface area contributed by atoms with Gasteiger partial charge in [0, 0.05) is 51.3 Å². The molecule has 13 heteroatoms. The van der Waals surface area contributed by atoms with E-state index in [1.807, 2.05) is 120 Å². The van der Waals surface area contributed by atoms with Gasteiger partial charge < -0.3 is 36.0 Å². The van der Waals surface area contributed by atoms with Crippen molar-refractivity contribution in [3.05, 3.63) is 65.7 Å². The van der Waals surface area contributed by atoms with Crippen LogP contribution in [0.15, 0.2) is 54.6 Å². The number of methoxy groups -OCH3 is 1. The molecule has 13 nitrogen and oxygen atoms in total. The average Bonchev–Trinajstić information content (AvgIpc) is 3.69. The Morgan fingerprint density at radius 3 is 2.10 bits per heavy atom. The predicted octanol–water partition coefficient (Wildman–Crippen LogP) is 5.22. The molecule has 0 aliphatic carbocycles. The summed E-state index contributed by atoms with van der Waals surface area (Å²) in [4.78, 5) is 73.8.